The van der Waals surface area contributed by atoms with Gasteiger partial charge >= 0.3 is 5.97 Å². The summed E-state index contributed by atoms with van der Waals surface area (Å²) in [4.78, 5) is 26.6. The summed E-state index contributed by atoms with van der Waals surface area (Å²) < 4.78 is 5.25. The number of esters is 1. The van der Waals surface area contributed by atoms with Gasteiger partial charge in [0.15, 0.2) is 6.61 Å². The molecule has 4 aliphatic rings. The molecule has 28 heavy (non-hydrogen) atoms. The van der Waals surface area contributed by atoms with Gasteiger partial charge in [-0.2, -0.15) is 0 Å². The van der Waals surface area contributed by atoms with Crippen LogP contribution in [-0.2, 0) is 9.53 Å². The van der Waals surface area contributed by atoms with Gasteiger partial charge in [-0.05, 0) is 92.9 Å². The van der Waals surface area contributed by atoms with Gasteiger partial charge in [-0.15, -0.1) is 0 Å². The van der Waals surface area contributed by atoms with Crippen LogP contribution in [0.25, 0.3) is 0 Å². The lowest BCUT2D eigenvalue weighted by atomic mass is 9.48. The SMILES string of the molecule is C[C@@H](NC(=O)COC(=O)c1ccc(N(C)C)cc1)C12CC3CC(CC(C3)C1)C2. The fraction of sp³-hybridized carbons (Fsp3) is 0.652. The molecule has 4 bridgehead atoms. The Morgan fingerprint density at radius 1 is 1.07 bits per heavy atom. The zero-order valence-electron chi connectivity index (χ0n) is 17.2. The molecule has 0 radical (unpaired) electrons. The van der Waals surface area contributed by atoms with E-state index in [0.29, 0.717) is 5.56 Å². The Labute approximate surface area is 167 Å². The smallest absolute Gasteiger partial charge is 0.338 e. The van der Waals surface area contributed by atoms with Crippen molar-refractivity contribution in [1.29, 1.82) is 0 Å². The van der Waals surface area contributed by atoms with Gasteiger partial charge < -0.3 is 15.0 Å². The van der Waals surface area contributed by atoms with E-state index in [9.17, 15) is 9.59 Å². The summed E-state index contributed by atoms with van der Waals surface area (Å²) in [6, 6.07) is 7.34. The van der Waals surface area contributed by atoms with Crippen molar-refractivity contribution in [3.8, 4) is 0 Å². The van der Waals surface area contributed by atoms with E-state index in [4.69, 9.17) is 4.74 Å². The van der Waals surface area contributed by atoms with Crippen LogP contribution in [0.15, 0.2) is 24.3 Å². The first kappa shape index (κ1) is 19.3. The summed E-state index contributed by atoms with van der Waals surface area (Å²) in [6.45, 7) is 1.93. The monoisotopic (exact) mass is 384 g/mol. The number of rotatable bonds is 6. The summed E-state index contributed by atoms with van der Waals surface area (Å²) in [6.07, 6.45) is 7.92. The number of benzene rings is 1. The van der Waals surface area contributed by atoms with Crippen molar-refractivity contribution in [2.75, 3.05) is 25.6 Å². The predicted octanol–water partition coefficient (Wildman–Crippen LogP) is 3.63. The Kier molecular flexibility index (Phi) is 5.11. The minimum absolute atomic E-state index is 0.145. The van der Waals surface area contributed by atoms with Crippen molar-refractivity contribution in [2.45, 2.75) is 51.5 Å². The fourth-order valence-electron chi connectivity index (χ4n) is 6.25. The molecule has 4 aliphatic carbocycles. The molecule has 5 heteroatoms. The molecule has 0 unspecified atom stereocenters. The molecule has 1 aromatic carbocycles. The number of nitrogens with one attached hydrogen (secondary N) is 1. The molecule has 4 fully saturated rings. The van der Waals surface area contributed by atoms with Gasteiger partial charge in [0.1, 0.15) is 0 Å². The molecule has 1 aromatic rings. The minimum Gasteiger partial charge on any atom is -0.452 e. The van der Waals surface area contributed by atoms with Crippen LogP contribution in [0.5, 0.6) is 0 Å². The summed E-state index contributed by atoms with van der Waals surface area (Å²) in [5.41, 5.74) is 1.74. The van der Waals surface area contributed by atoms with Crippen molar-refractivity contribution in [3.63, 3.8) is 0 Å². The Morgan fingerprint density at radius 2 is 1.61 bits per heavy atom. The van der Waals surface area contributed by atoms with E-state index >= 15 is 0 Å². The number of amides is 1. The highest BCUT2D eigenvalue weighted by Gasteiger charge is 2.53. The molecule has 152 valence electrons. The van der Waals surface area contributed by atoms with Crippen LogP contribution in [-0.4, -0.2) is 38.6 Å². The average Bonchev–Trinajstić information content (AvgIpc) is 2.65. The number of ether oxygens (including phenoxy) is 1. The fourth-order valence-corrected chi connectivity index (χ4v) is 6.25. The minimum atomic E-state index is -0.456. The molecule has 0 aliphatic heterocycles. The molecule has 4 saturated carbocycles. The molecule has 0 saturated heterocycles. The lowest BCUT2D eigenvalue weighted by Gasteiger charge is -2.59. The van der Waals surface area contributed by atoms with Crippen LogP contribution < -0.4 is 10.2 Å². The Hall–Kier alpha value is -2.04. The summed E-state index contributed by atoms with van der Waals surface area (Å²) >= 11 is 0. The maximum absolute atomic E-state index is 12.4. The Balaban J connectivity index is 1.29. The molecule has 1 N–H and O–H groups in total. The Morgan fingerprint density at radius 3 is 2.11 bits per heavy atom. The van der Waals surface area contributed by atoms with E-state index < -0.39 is 5.97 Å². The van der Waals surface area contributed by atoms with Crippen LogP contribution in [0, 0.1) is 23.2 Å². The van der Waals surface area contributed by atoms with E-state index in [1.54, 1.807) is 12.1 Å². The quantitative estimate of drug-likeness (QED) is 0.761. The number of carbonyl (C=O) groups is 2. The van der Waals surface area contributed by atoms with Gasteiger partial charge in [0.05, 0.1) is 5.56 Å². The zero-order chi connectivity index (χ0) is 19.9. The van der Waals surface area contributed by atoms with E-state index in [2.05, 4.69) is 12.2 Å². The second kappa shape index (κ2) is 7.41. The molecular formula is C23H32N2O3. The summed E-state index contributed by atoms with van der Waals surface area (Å²) in [7, 11) is 3.89. The molecular weight excluding hydrogens is 352 g/mol. The normalized spacial score (nSPS) is 31.3. The third kappa shape index (κ3) is 3.76. The van der Waals surface area contributed by atoms with Crippen molar-refractivity contribution in [3.05, 3.63) is 29.8 Å². The number of nitrogens with zero attached hydrogens (tertiary/aromatic N) is 1. The lowest BCUT2D eigenvalue weighted by Crippen LogP contribution is -2.56. The second-order valence-electron chi connectivity index (χ2n) is 9.59. The molecule has 5 nitrogen and oxygen atoms in total. The van der Waals surface area contributed by atoms with Crippen molar-refractivity contribution >= 4 is 17.6 Å². The number of hydrogen-bond acceptors (Lipinski definition) is 4. The van der Waals surface area contributed by atoms with E-state index in [1.807, 2.05) is 31.1 Å². The first-order valence-electron chi connectivity index (χ1n) is 10.6. The van der Waals surface area contributed by atoms with Gasteiger partial charge in [-0.3, -0.25) is 4.79 Å². The molecule has 0 spiro atoms. The van der Waals surface area contributed by atoms with E-state index in [0.717, 1.165) is 23.4 Å². The highest BCUT2D eigenvalue weighted by atomic mass is 16.5. The molecule has 5 rings (SSSR count). The highest BCUT2D eigenvalue weighted by Crippen LogP contribution is 2.61. The first-order valence-corrected chi connectivity index (χ1v) is 10.6. The van der Waals surface area contributed by atoms with Crippen molar-refractivity contribution in [2.24, 2.45) is 23.2 Å². The van der Waals surface area contributed by atoms with E-state index in [1.165, 1.54) is 38.5 Å². The van der Waals surface area contributed by atoms with Gasteiger partial charge in [0.2, 0.25) is 0 Å². The van der Waals surface area contributed by atoms with Crippen molar-refractivity contribution in [1.82, 2.24) is 5.32 Å². The Bertz CT molecular complexity index is 705. The van der Waals surface area contributed by atoms with Crippen molar-refractivity contribution < 1.29 is 14.3 Å². The number of carbonyl (C=O) groups excluding carboxylic acids is 2. The maximum atomic E-state index is 12.4. The highest BCUT2D eigenvalue weighted by molar-refractivity contribution is 5.91. The lowest BCUT2D eigenvalue weighted by molar-refractivity contribution is -0.128. The molecule has 1 atom stereocenters. The second-order valence-corrected chi connectivity index (χ2v) is 9.59. The first-order chi connectivity index (χ1) is 13.3. The largest absolute Gasteiger partial charge is 0.452 e. The number of hydrogen-bond donors (Lipinski definition) is 1. The van der Waals surface area contributed by atoms with Gasteiger partial charge in [0, 0.05) is 25.8 Å². The topological polar surface area (TPSA) is 58.6 Å². The maximum Gasteiger partial charge on any atom is 0.338 e. The van der Waals surface area contributed by atoms with Crippen LogP contribution in [0.1, 0.15) is 55.8 Å². The van der Waals surface area contributed by atoms with E-state index in [-0.39, 0.29) is 24.0 Å². The summed E-state index contributed by atoms with van der Waals surface area (Å²) in [5, 5.41) is 3.14. The summed E-state index contributed by atoms with van der Waals surface area (Å²) in [5.74, 6) is 1.92. The molecule has 0 heterocycles. The number of anilines is 1. The zero-order valence-corrected chi connectivity index (χ0v) is 17.2. The van der Waals surface area contributed by atoms with Crippen LogP contribution in [0.3, 0.4) is 0 Å². The van der Waals surface area contributed by atoms with Crippen LogP contribution >= 0.6 is 0 Å². The predicted molar refractivity (Wildman–Crippen MR) is 109 cm³/mol. The van der Waals surface area contributed by atoms with Gasteiger partial charge in [-0.1, -0.05) is 0 Å². The third-order valence-corrected chi connectivity index (χ3v) is 7.34. The van der Waals surface area contributed by atoms with Crippen LogP contribution in [0.4, 0.5) is 5.69 Å². The third-order valence-electron chi connectivity index (χ3n) is 7.34. The molecule has 0 aromatic heterocycles. The molecule has 1 amide bonds. The van der Waals surface area contributed by atoms with Gasteiger partial charge in [0.25, 0.3) is 5.91 Å². The van der Waals surface area contributed by atoms with Crippen LogP contribution in [0.2, 0.25) is 0 Å². The van der Waals surface area contributed by atoms with Gasteiger partial charge in [-0.25, -0.2) is 4.79 Å². The average molecular weight is 385 g/mol. The standard InChI is InChI=1S/C23H32N2O3/c1-15(23-11-16-8-17(12-23)10-18(9-16)13-23)24-21(26)14-28-22(27)19-4-6-20(7-5-19)25(2)3/h4-7,15-18H,8-14H2,1-3H3,(H,24,26)/t15-,16?,17?,18?,23?/m1/s1.